The predicted octanol–water partition coefficient (Wildman–Crippen LogP) is 4.84. The van der Waals surface area contributed by atoms with E-state index >= 15 is 0 Å². The molecule has 1 saturated heterocycles. The van der Waals surface area contributed by atoms with E-state index in [2.05, 4.69) is 10.6 Å². The lowest BCUT2D eigenvalue weighted by Gasteiger charge is -2.23. The van der Waals surface area contributed by atoms with Gasteiger partial charge in [-0.15, -0.1) is 0 Å². The Balaban J connectivity index is 1.66. The summed E-state index contributed by atoms with van der Waals surface area (Å²) in [5.74, 6) is -0.485. The zero-order valence-electron chi connectivity index (χ0n) is 18.8. The molecule has 0 aromatic heterocycles. The number of nitrogens with one attached hydrogen (secondary N) is 2. The largest absolute Gasteiger partial charge is 0.416 e. The second-order valence-electron chi connectivity index (χ2n) is 7.88. The molecule has 1 fully saturated rings. The lowest BCUT2D eigenvalue weighted by Crippen LogP contribution is -2.30. The minimum atomic E-state index is -4.47. The first-order valence-electron chi connectivity index (χ1n) is 11.1. The lowest BCUT2D eigenvalue weighted by atomic mass is 10.1. The van der Waals surface area contributed by atoms with Crippen molar-refractivity contribution in [2.75, 3.05) is 48.3 Å². The molecule has 33 heavy (non-hydrogen) atoms. The van der Waals surface area contributed by atoms with Crippen LogP contribution in [-0.4, -0.2) is 49.4 Å². The molecule has 1 aliphatic rings. The molecule has 0 atom stereocenters. The molecule has 0 aliphatic carbocycles. The van der Waals surface area contributed by atoms with Crippen molar-refractivity contribution in [2.45, 2.75) is 32.9 Å². The fourth-order valence-corrected chi connectivity index (χ4v) is 3.86. The highest BCUT2D eigenvalue weighted by molar-refractivity contribution is 5.97. The predicted molar refractivity (Wildman–Crippen MR) is 124 cm³/mol. The summed E-state index contributed by atoms with van der Waals surface area (Å²) in [6, 6.07) is 10.1. The minimum Gasteiger partial charge on any atom is -0.374 e. The van der Waals surface area contributed by atoms with Gasteiger partial charge in [0.05, 0.1) is 23.5 Å². The van der Waals surface area contributed by atoms with Gasteiger partial charge in [-0.3, -0.25) is 9.59 Å². The number of amides is 2. The van der Waals surface area contributed by atoms with Crippen LogP contribution in [0, 0.1) is 0 Å². The van der Waals surface area contributed by atoms with E-state index in [0.717, 1.165) is 38.1 Å². The van der Waals surface area contributed by atoms with Crippen molar-refractivity contribution in [3.05, 3.63) is 53.6 Å². The molecule has 9 heteroatoms. The quantitative estimate of drug-likeness (QED) is 0.589. The van der Waals surface area contributed by atoms with Crippen molar-refractivity contribution < 1.29 is 22.8 Å². The van der Waals surface area contributed by atoms with E-state index in [1.165, 1.54) is 6.07 Å². The Labute approximate surface area is 191 Å². The van der Waals surface area contributed by atoms with E-state index in [4.69, 9.17) is 0 Å². The molecule has 2 aromatic rings. The van der Waals surface area contributed by atoms with Crippen molar-refractivity contribution in [1.82, 2.24) is 4.90 Å². The summed E-state index contributed by atoms with van der Waals surface area (Å²) in [6.45, 7) is 6.37. The molecule has 0 spiro atoms. The molecule has 0 saturated carbocycles. The van der Waals surface area contributed by atoms with Crippen molar-refractivity contribution in [3.63, 3.8) is 0 Å². The Morgan fingerprint density at radius 1 is 1.00 bits per heavy atom. The summed E-state index contributed by atoms with van der Waals surface area (Å²) in [5.41, 5.74) is 1.20. The third-order valence-corrected chi connectivity index (χ3v) is 5.68. The van der Waals surface area contributed by atoms with E-state index in [9.17, 15) is 22.8 Å². The molecule has 3 rings (SSSR count). The first-order chi connectivity index (χ1) is 15.7. The maximum atomic E-state index is 13.2. The van der Waals surface area contributed by atoms with E-state index in [-0.39, 0.29) is 18.1 Å². The summed E-state index contributed by atoms with van der Waals surface area (Å²) in [5, 5.41) is 5.58. The van der Waals surface area contributed by atoms with E-state index in [1.54, 1.807) is 29.2 Å². The topological polar surface area (TPSA) is 64.7 Å². The van der Waals surface area contributed by atoms with Crippen molar-refractivity contribution in [3.8, 4) is 0 Å². The molecule has 0 bridgehead atoms. The zero-order chi connectivity index (χ0) is 24.0. The molecular formula is C24H29F3N4O2. The molecule has 2 amide bonds. The first-order valence-corrected chi connectivity index (χ1v) is 11.1. The highest BCUT2D eigenvalue weighted by Gasteiger charge is 2.31. The summed E-state index contributed by atoms with van der Waals surface area (Å²) in [7, 11) is 0. The Kier molecular flexibility index (Phi) is 7.84. The van der Waals surface area contributed by atoms with Gasteiger partial charge in [0.25, 0.3) is 5.91 Å². The van der Waals surface area contributed by atoms with Crippen LogP contribution in [0.4, 0.5) is 30.2 Å². The monoisotopic (exact) mass is 462 g/mol. The van der Waals surface area contributed by atoms with Gasteiger partial charge in [0.15, 0.2) is 0 Å². The number of nitrogens with zero attached hydrogens (tertiary/aromatic N) is 2. The second kappa shape index (κ2) is 10.6. The molecule has 0 radical (unpaired) electrons. The van der Waals surface area contributed by atoms with Gasteiger partial charge in [0.2, 0.25) is 5.91 Å². The average molecular weight is 463 g/mol. The van der Waals surface area contributed by atoms with Crippen molar-refractivity contribution >= 4 is 28.9 Å². The van der Waals surface area contributed by atoms with Crippen LogP contribution in [0.5, 0.6) is 0 Å². The molecule has 1 aliphatic heterocycles. The van der Waals surface area contributed by atoms with Gasteiger partial charge in [-0.25, -0.2) is 0 Å². The standard InChI is InChI=1S/C24H29F3N4O2/c1-3-30(4-2)23(33)17-7-10-19(11-8-17)29-22(32)16-28-20-15-18(24(25,26)27)9-12-21(20)31-13-5-6-14-31/h7-12,15,28H,3-6,13-14,16H2,1-2H3,(H,29,32). The fraction of sp³-hybridized carbons (Fsp3) is 0.417. The van der Waals surface area contributed by atoms with Gasteiger partial charge in [-0.05, 0) is 69.2 Å². The SMILES string of the molecule is CCN(CC)C(=O)c1ccc(NC(=O)CNc2cc(C(F)(F)F)ccc2N2CCCC2)cc1. The number of rotatable bonds is 8. The van der Waals surface area contributed by atoms with Crippen molar-refractivity contribution in [1.29, 1.82) is 0 Å². The number of halogens is 3. The molecular weight excluding hydrogens is 433 g/mol. The van der Waals surface area contributed by atoms with Gasteiger partial charge in [-0.2, -0.15) is 13.2 Å². The van der Waals surface area contributed by atoms with Gasteiger partial charge in [0, 0.05) is 37.4 Å². The summed E-state index contributed by atoms with van der Waals surface area (Å²) < 4.78 is 39.6. The third kappa shape index (κ3) is 6.18. The Morgan fingerprint density at radius 3 is 2.21 bits per heavy atom. The van der Waals surface area contributed by atoms with Crippen LogP contribution in [0.3, 0.4) is 0 Å². The number of anilines is 3. The fourth-order valence-electron chi connectivity index (χ4n) is 3.86. The Bertz CT molecular complexity index is 967. The highest BCUT2D eigenvalue weighted by Crippen LogP contribution is 2.36. The van der Waals surface area contributed by atoms with Crippen LogP contribution in [0.25, 0.3) is 0 Å². The van der Waals surface area contributed by atoms with Crippen LogP contribution < -0.4 is 15.5 Å². The molecule has 2 aromatic carbocycles. The van der Waals surface area contributed by atoms with Crippen LogP contribution >= 0.6 is 0 Å². The van der Waals surface area contributed by atoms with Gasteiger partial charge < -0.3 is 20.4 Å². The zero-order valence-corrected chi connectivity index (χ0v) is 18.8. The summed E-state index contributed by atoms with van der Waals surface area (Å²) in [6.07, 6.45) is -2.51. The van der Waals surface area contributed by atoms with Crippen LogP contribution in [0.2, 0.25) is 0 Å². The summed E-state index contributed by atoms with van der Waals surface area (Å²) >= 11 is 0. The smallest absolute Gasteiger partial charge is 0.374 e. The Hall–Kier alpha value is -3.23. The number of carbonyl (C=O) groups excluding carboxylic acids is 2. The summed E-state index contributed by atoms with van der Waals surface area (Å²) in [4.78, 5) is 28.5. The Morgan fingerprint density at radius 2 is 1.64 bits per heavy atom. The number of hydrogen-bond acceptors (Lipinski definition) is 4. The second-order valence-corrected chi connectivity index (χ2v) is 7.88. The van der Waals surface area contributed by atoms with E-state index in [1.807, 2.05) is 18.7 Å². The van der Waals surface area contributed by atoms with Gasteiger partial charge in [0.1, 0.15) is 0 Å². The molecule has 6 nitrogen and oxygen atoms in total. The molecule has 1 heterocycles. The van der Waals surface area contributed by atoms with Gasteiger partial charge in [-0.1, -0.05) is 0 Å². The number of carbonyl (C=O) groups is 2. The molecule has 178 valence electrons. The van der Waals surface area contributed by atoms with Crippen molar-refractivity contribution in [2.24, 2.45) is 0 Å². The highest BCUT2D eigenvalue weighted by atomic mass is 19.4. The van der Waals surface area contributed by atoms with Crippen LogP contribution in [0.1, 0.15) is 42.6 Å². The van der Waals surface area contributed by atoms with Crippen LogP contribution in [-0.2, 0) is 11.0 Å². The van der Waals surface area contributed by atoms with Crippen LogP contribution in [0.15, 0.2) is 42.5 Å². The normalized spacial score (nSPS) is 13.7. The maximum Gasteiger partial charge on any atom is 0.416 e. The third-order valence-electron chi connectivity index (χ3n) is 5.68. The molecule has 0 unspecified atom stereocenters. The van der Waals surface area contributed by atoms with E-state index < -0.39 is 17.6 Å². The number of alkyl halides is 3. The maximum absolute atomic E-state index is 13.2. The van der Waals surface area contributed by atoms with Gasteiger partial charge >= 0.3 is 6.18 Å². The van der Waals surface area contributed by atoms with E-state index in [0.29, 0.717) is 30.0 Å². The first kappa shape index (κ1) is 24.4. The lowest BCUT2D eigenvalue weighted by molar-refractivity contribution is -0.137. The minimum absolute atomic E-state index is 0.0847. The average Bonchev–Trinajstić information content (AvgIpc) is 3.33. The number of hydrogen-bond donors (Lipinski definition) is 2. The molecule has 2 N–H and O–H groups in total. The number of benzene rings is 2.